The van der Waals surface area contributed by atoms with Gasteiger partial charge >= 0.3 is 0 Å². The van der Waals surface area contributed by atoms with Crippen LogP contribution in [0, 0.1) is 0 Å². The summed E-state index contributed by atoms with van der Waals surface area (Å²) >= 11 is 14.0. The van der Waals surface area contributed by atoms with Crippen molar-refractivity contribution in [3.05, 3.63) is 0 Å². The van der Waals surface area contributed by atoms with Crippen molar-refractivity contribution in [2.45, 2.75) is 16.6 Å². The van der Waals surface area contributed by atoms with Gasteiger partial charge in [0.15, 0.2) is 3.79 Å². The van der Waals surface area contributed by atoms with Gasteiger partial charge in [-0.15, -0.1) is 0 Å². The van der Waals surface area contributed by atoms with Crippen LogP contribution in [-0.4, -0.2) is 18.3 Å². The molecule has 1 atom stereocenters. The smallest absolute Gasteiger partial charge is 0.190 e. The molecule has 0 aromatic carbocycles. The minimum atomic E-state index is -2.03. The monoisotopic (exact) mass is 223 g/mol. The summed E-state index contributed by atoms with van der Waals surface area (Å²) in [6.07, 6.45) is 0.651. The van der Waals surface area contributed by atoms with Crippen LogP contribution in [0.15, 0.2) is 0 Å². The van der Waals surface area contributed by atoms with Crippen LogP contribution in [-0.2, 0) is 11.1 Å². The van der Waals surface area contributed by atoms with E-state index in [1.54, 1.807) is 0 Å². The second-order valence-electron chi connectivity index (χ2n) is 1.73. The lowest BCUT2D eigenvalue weighted by Crippen LogP contribution is -2.05. The minimum Gasteiger partial charge on any atom is -0.772 e. The third-order valence-corrected chi connectivity index (χ3v) is 1.96. The zero-order valence-corrected chi connectivity index (χ0v) is 8.06. The van der Waals surface area contributed by atoms with Crippen LogP contribution in [0.4, 0.5) is 0 Å². The van der Waals surface area contributed by atoms with Crippen molar-refractivity contribution in [3.8, 4) is 0 Å². The van der Waals surface area contributed by atoms with E-state index >= 15 is 0 Å². The molecule has 0 aliphatic heterocycles. The Hall–Kier alpha value is 0.980. The van der Waals surface area contributed by atoms with Crippen LogP contribution in [0.1, 0.15) is 12.8 Å². The van der Waals surface area contributed by atoms with E-state index in [1.165, 1.54) is 0 Å². The molecule has 6 heteroatoms. The summed E-state index contributed by atoms with van der Waals surface area (Å²) in [6.45, 7) is 0. The van der Waals surface area contributed by atoms with Crippen LogP contribution in [0.2, 0.25) is 0 Å². The van der Waals surface area contributed by atoms with Crippen molar-refractivity contribution in [1.29, 1.82) is 0 Å². The van der Waals surface area contributed by atoms with Gasteiger partial charge in [-0.3, -0.25) is 4.21 Å². The van der Waals surface area contributed by atoms with E-state index in [2.05, 4.69) is 0 Å². The topological polar surface area (TPSA) is 40.1 Å². The van der Waals surface area contributed by atoms with Crippen LogP contribution in [0.5, 0.6) is 0 Å². The Morgan fingerprint density at radius 2 is 1.90 bits per heavy atom. The summed E-state index contributed by atoms with van der Waals surface area (Å²) in [4.78, 5) is 0. The van der Waals surface area contributed by atoms with Gasteiger partial charge in [-0.25, -0.2) is 0 Å². The first-order chi connectivity index (χ1) is 4.42. The minimum absolute atomic E-state index is 0.0495. The molecule has 1 unspecified atom stereocenters. The number of hydrogen-bond acceptors (Lipinski definition) is 2. The van der Waals surface area contributed by atoms with Crippen molar-refractivity contribution in [1.82, 2.24) is 0 Å². The van der Waals surface area contributed by atoms with Gasteiger partial charge in [-0.1, -0.05) is 45.9 Å². The van der Waals surface area contributed by atoms with E-state index < -0.39 is 14.9 Å². The largest absolute Gasteiger partial charge is 0.772 e. The average Bonchev–Trinajstić information content (AvgIpc) is 1.59. The molecule has 0 aliphatic rings. The normalized spacial score (nSPS) is 15.2. The molecule has 0 rings (SSSR count). The summed E-state index contributed by atoms with van der Waals surface area (Å²) in [5.74, 6) is 0.0495. The lowest BCUT2D eigenvalue weighted by molar-refractivity contribution is 0.534. The lowest BCUT2D eigenvalue weighted by Gasteiger charge is -2.10. The Morgan fingerprint density at radius 3 is 2.20 bits per heavy atom. The Labute approximate surface area is 77.1 Å². The average molecular weight is 225 g/mol. The molecule has 0 bridgehead atoms. The van der Waals surface area contributed by atoms with E-state index in [0.29, 0.717) is 6.42 Å². The zero-order chi connectivity index (χ0) is 8.20. The second kappa shape index (κ2) is 4.78. The Kier molecular flexibility index (Phi) is 5.24. The molecule has 2 nitrogen and oxygen atoms in total. The summed E-state index contributed by atoms with van der Waals surface area (Å²) < 4.78 is 18.6. The molecule has 0 fully saturated rings. The maximum atomic E-state index is 9.96. The van der Waals surface area contributed by atoms with Crippen LogP contribution >= 0.6 is 34.8 Å². The van der Waals surface area contributed by atoms with Crippen molar-refractivity contribution in [2.75, 3.05) is 5.75 Å². The molecule has 0 N–H and O–H groups in total. The highest BCUT2D eigenvalue weighted by molar-refractivity contribution is 7.79. The number of alkyl halides is 3. The van der Waals surface area contributed by atoms with Crippen molar-refractivity contribution >= 4 is 45.9 Å². The van der Waals surface area contributed by atoms with Gasteiger partial charge in [0.25, 0.3) is 0 Å². The third kappa shape index (κ3) is 8.98. The van der Waals surface area contributed by atoms with Crippen LogP contribution in [0.25, 0.3) is 0 Å². The molecule has 0 heterocycles. The first-order valence-corrected chi connectivity index (χ1v) is 4.92. The van der Waals surface area contributed by atoms with Gasteiger partial charge in [0.1, 0.15) is 0 Å². The number of halogens is 3. The second-order valence-corrected chi connectivity index (χ2v) is 5.26. The Morgan fingerprint density at radius 1 is 1.40 bits per heavy atom. The molecular formula is C4H6Cl3O2S-. The van der Waals surface area contributed by atoms with Gasteiger partial charge in [0.2, 0.25) is 0 Å². The van der Waals surface area contributed by atoms with Gasteiger partial charge in [-0.05, 0) is 12.8 Å². The highest BCUT2D eigenvalue weighted by Crippen LogP contribution is 2.31. The molecule has 0 radical (unpaired) electrons. The fraction of sp³-hybridized carbons (Fsp3) is 1.00. The van der Waals surface area contributed by atoms with E-state index in [1.807, 2.05) is 0 Å². The van der Waals surface area contributed by atoms with Crippen molar-refractivity contribution in [3.63, 3.8) is 0 Å². The fourth-order valence-corrected chi connectivity index (χ4v) is 1.17. The summed E-state index contributed by atoms with van der Waals surface area (Å²) in [5.41, 5.74) is 0. The molecule has 0 aromatic rings. The van der Waals surface area contributed by atoms with E-state index in [9.17, 15) is 8.76 Å². The third-order valence-electron chi connectivity index (χ3n) is 0.771. The standard InChI is InChI=1S/C4H7Cl3O2S/c5-4(6,7)2-1-3-10(8)9/h1-3H2,(H,8,9)/p-1. The highest BCUT2D eigenvalue weighted by atomic mass is 35.6. The predicted molar refractivity (Wildman–Crippen MR) is 43.3 cm³/mol. The predicted octanol–water partition coefficient (Wildman–Crippen LogP) is 2.02. The SMILES string of the molecule is O=S([O-])CCCC(Cl)(Cl)Cl. The van der Waals surface area contributed by atoms with Gasteiger partial charge in [-0.2, -0.15) is 0 Å². The molecule has 0 amide bonds. The zero-order valence-electron chi connectivity index (χ0n) is 4.98. The fourth-order valence-electron chi connectivity index (χ4n) is 0.390. The van der Waals surface area contributed by atoms with Crippen molar-refractivity contribution in [2.24, 2.45) is 0 Å². The van der Waals surface area contributed by atoms with Gasteiger partial charge < -0.3 is 4.55 Å². The van der Waals surface area contributed by atoms with Crippen LogP contribution in [0.3, 0.4) is 0 Å². The molecule has 0 aliphatic carbocycles. The summed E-state index contributed by atoms with van der Waals surface area (Å²) in [5, 5.41) is 0. The number of rotatable bonds is 3. The molecule has 0 saturated heterocycles. The van der Waals surface area contributed by atoms with E-state index in [4.69, 9.17) is 34.8 Å². The summed E-state index contributed by atoms with van der Waals surface area (Å²) in [6, 6.07) is 0. The number of hydrogen-bond donors (Lipinski definition) is 0. The Balaban J connectivity index is 3.29. The first kappa shape index (κ1) is 11.0. The van der Waals surface area contributed by atoms with E-state index in [-0.39, 0.29) is 12.2 Å². The Bertz CT molecular complexity index is 122. The molecule has 10 heavy (non-hydrogen) atoms. The van der Waals surface area contributed by atoms with E-state index in [0.717, 1.165) is 0 Å². The van der Waals surface area contributed by atoms with Crippen molar-refractivity contribution < 1.29 is 8.76 Å². The van der Waals surface area contributed by atoms with Gasteiger partial charge in [0.05, 0.1) is 0 Å². The molecule has 62 valence electrons. The highest BCUT2D eigenvalue weighted by Gasteiger charge is 2.17. The van der Waals surface area contributed by atoms with Gasteiger partial charge in [0, 0.05) is 5.75 Å². The molecule has 0 aromatic heterocycles. The quantitative estimate of drug-likeness (QED) is 0.543. The van der Waals surface area contributed by atoms with Crippen LogP contribution < -0.4 is 0 Å². The maximum Gasteiger partial charge on any atom is 0.190 e. The molecule has 0 spiro atoms. The first-order valence-electron chi connectivity index (χ1n) is 2.54. The molecular weight excluding hydrogens is 218 g/mol. The molecule has 0 saturated carbocycles. The lowest BCUT2D eigenvalue weighted by atomic mass is 10.4. The maximum absolute atomic E-state index is 9.96. The summed E-state index contributed by atoms with van der Waals surface area (Å²) in [7, 11) is 0.